The first-order chi connectivity index (χ1) is 8.65. The van der Waals surface area contributed by atoms with Crippen molar-refractivity contribution in [2.24, 2.45) is 11.8 Å². The van der Waals surface area contributed by atoms with Crippen molar-refractivity contribution in [1.82, 2.24) is 9.97 Å². The number of ether oxygens (including phenoxy) is 1. The molecule has 1 aromatic rings. The summed E-state index contributed by atoms with van der Waals surface area (Å²) < 4.78 is 19.1. The molecule has 1 aromatic heterocycles. The number of aromatic nitrogens is 2. The monoisotopic (exact) mass is 255 g/mol. The molecule has 1 aliphatic heterocycles. The number of piperidine rings is 1. The standard InChI is InChI=1S/C11H18FN5O/c1-7-3-4-17(6-9(7)18-2)10-8(12)5-14-11(15-10)16-13/h5,7,9H,3-4,6,13H2,1-2H3,(H,14,15,16). The maximum Gasteiger partial charge on any atom is 0.239 e. The maximum atomic E-state index is 13.7. The number of nitrogens with zero attached hydrogens (tertiary/aromatic N) is 3. The molecule has 1 saturated heterocycles. The number of nitrogens with one attached hydrogen (secondary N) is 1. The van der Waals surface area contributed by atoms with Gasteiger partial charge in [0.15, 0.2) is 11.6 Å². The van der Waals surface area contributed by atoms with Gasteiger partial charge >= 0.3 is 0 Å². The number of halogens is 1. The van der Waals surface area contributed by atoms with Gasteiger partial charge in [0.25, 0.3) is 0 Å². The molecule has 1 aliphatic rings. The van der Waals surface area contributed by atoms with E-state index in [0.29, 0.717) is 12.5 Å². The summed E-state index contributed by atoms with van der Waals surface area (Å²) in [4.78, 5) is 9.65. The van der Waals surface area contributed by atoms with Crippen molar-refractivity contribution < 1.29 is 9.13 Å². The molecule has 3 N–H and O–H groups in total. The van der Waals surface area contributed by atoms with E-state index in [4.69, 9.17) is 10.6 Å². The Bertz CT molecular complexity index is 416. The number of nitrogen functional groups attached to an aromatic ring is 1. The molecule has 0 saturated carbocycles. The van der Waals surface area contributed by atoms with E-state index in [2.05, 4.69) is 22.3 Å². The molecule has 0 spiro atoms. The van der Waals surface area contributed by atoms with Gasteiger partial charge in [0, 0.05) is 20.2 Å². The lowest BCUT2D eigenvalue weighted by Gasteiger charge is -2.36. The lowest BCUT2D eigenvalue weighted by Crippen LogP contribution is -2.44. The third kappa shape index (κ3) is 2.51. The molecule has 2 rings (SSSR count). The van der Waals surface area contributed by atoms with Crippen LogP contribution in [0.25, 0.3) is 0 Å². The highest BCUT2D eigenvalue weighted by molar-refractivity contribution is 5.44. The first-order valence-corrected chi connectivity index (χ1v) is 5.92. The zero-order valence-electron chi connectivity index (χ0n) is 10.6. The number of rotatable bonds is 3. The quantitative estimate of drug-likeness (QED) is 0.613. The predicted octanol–water partition coefficient (Wildman–Crippen LogP) is 0.762. The van der Waals surface area contributed by atoms with Crippen molar-refractivity contribution in [1.29, 1.82) is 0 Å². The lowest BCUT2D eigenvalue weighted by atomic mass is 9.96. The van der Waals surface area contributed by atoms with Crippen LogP contribution in [0.1, 0.15) is 13.3 Å². The van der Waals surface area contributed by atoms with Crippen molar-refractivity contribution in [3.8, 4) is 0 Å². The van der Waals surface area contributed by atoms with Gasteiger partial charge in [-0.2, -0.15) is 4.98 Å². The SMILES string of the molecule is COC1CN(c2nc(NN)ncc2F)CCC1C. The molecular formula is C11H18FN5O. The highest BCUT2D eigenvalue weighted by Gasteiger charge is 2.28. The summed E-state index contributed by atoms with van der Waals surface area (Å²) in [6, 6.07) is 0. The second-order valence-electron chi connectivity index (χ2n) is 4.50. The molecule has 2 unspecified atom stereocenters. The van der Waals surface area contributed by atoms with Crippen molar-refractivity contribution >= 4 is 11.8 Å². The van der Waals surface area contributed by atoms with Crippen LogP contribution >= 0.6 is 0 Å². The molecule has 18 heavy (non-hydrogen) atoms. The molecule has 100 valence electrons. The Morgan fingerprint density at radius 2 is 2.39 bits per heavy atom. The number of anilines is 2. The summed E-state index contributed by atoms with van der Waals surface area (Å²) in [5, 5.41) is 0. The minimum atomic E-state index is -0.446. The van der Waals surface area contributed by atoms with Gasteiger partial charge in [0.1, 0.15) is 0 Å². The molecule has 0 bridgehead atoms. The Hall–Kier alpha value is -1.47. The summed E-state index contributed by atoms with van der Waals surface area (Å²) in [5.41, 5.74) is 2.32. The number of hydrogen-bond donors (Lipinski definition) is 2. The fraction of sp³-hybridized carbons (Fsp3) is 0.636. The number of hydrazine groups is 1. The average molecular weight is 255 g/mol. The summed E-state index contributed by atoms with van der Waals surface area (Å²) in [6.07, 6.45) is 2.15. The van der Waals surface area contributed by atoms with Crippen LogP contribution in [0.3, 0.4) is 0 Å². The Balaban J connectivity index is 2.20. The van der Waals surface area contributed by atoms with Crippen molar-refractivity contribution in [2.75, 3.05) is 30.5 Å². The Labute approximate surface area is 105 Å². The molecular weight excluding hydrogens is 237 g/mol. The minimum absolute atomic E-state index is 0.0856. The van der Waals surface area contributed by atoms with Gasteiger partial charge in [0.2, 0.25) is 5.95 Å². The third-order valence-electron chi connectivity index (χ3n) is 3.35. The van der Waals surface area contributed by atoms with Crippen LogP contribution in [0.2, 0.25) is 0 Å². The van der Waals surface area contributed by atoms with Gasteiger partial charge in [-0.1, -0.05) is 6.92 Å². The van der Waals surface area contributed by atoms with Gasteiger partial charge < -0.3 is 9.64 Å². The zero-order chi connectivity index (χ0) is 13.1. The molecule has 0 aliphatic carbocycles. The van der Waals surface area contributed by atoms with Crippen LogP contribution in [-0.4, -0.2) is 36.3 Å². The predicted molar refractivity (Wildman–Crippen MR) is 66.6 cm³/mol. The van der Waals surface area contributed by atoms with Crippen molar-refractivity contribution in [3.63, 3.8) is 0 Å². The van der Waals surface area contributed by atoms with E-state index < -0.39 is 5.82 Å². The Morgan fingerprint density at radius 1 is 1.61 bits per heavy atom. The number of hydrogen-bond acceptors (Lipinski definition) is 6. The minimum Gasteiger partial charge on any atom is -0.379 e. The average Bonchev–Trinajstić information content (AvgIpc) is 2.40. The second-order valence-corrected chi connectivity index (χ2v) is 4.50. The van der Waals surface area contributed by atoms with Gasteiger partial charge in [0.05, 0.1) is 12.3 Å². The van der Waals surface area contributed by atoms with E-state index in [1.165, 1.54) is 0 Å². The van der Waals surface area contributed by atoms with Gasteiger partial charge in [-0.25, -0.2) is 15.2 Å². The Morgan fingerprint density at radius 3 is 3.06 bits per heavy atom. The summed E-state index contributed by atoms with van der Waals surface area (Å²) >= 11 is 0. The second kappa shape index (κ2) is 5.45. The largest absolute Gasteiger partial charge is 0.379 e. The van der Waals surface area contributed by atoms with Crippen LogP contribution in [0, 0.1) is 11.7 Å². The van der Waals surface area contributed by atoms with E-state index in [1.54, 1.807) is 7.11 Å². The van der Waals surface area contributed by atoms with Gasteiger partial charge in [-0.15, -0.1) is 0 Å². The van der Waals surface area contributed by atoms with Crippen LogP contribution in [-0.2, 0) is 4.74 Å². The summed E-state index contributed by atoms with van der Waals surface area (Å²) in [6.45, 7) is 3.50. The van der Waals surface area contributed by atoms with E-state index in [-0.39, 0.29) is 17.9 Å². The first kappa shape index (κ1) is 13.0. The maximum absolute atomic E-state index is 13.7. The third-order valence-corrected chi connectivity index (χ3v) is 3.35. The molecule has 6 nitrogen and oxygen atoms in total. The fourth-order valence-electron chi connectivity index (χ4n) is 2.18. The van der Waals surface area contributed by atoms with E-state index in [1.807, 2.05) is 4.90 Å². The number of methoxy groups -OCH3 is 1. The first-order valence-electron chi connectivity index (χ1n) is 5.92. The Kier molecular flexibility index (Phi) is 3.93. The highest BCUT2D eigenvalue weighted by atomic mass is 19.1. The normalized spacial score (nSPS) is 24.1. The van der Waals surface area contributed by atoms with Crippen molar-refractivity contribution in [2.45, 2.75) is 19.4 Å². The summed E-state index contributed by atoms with van der Waals surface area (Å²) in [7, 11) is 1.67. The summed E-state index contributed by atoms with van der Waals surface area (Å²) in [5.74, 6) is 5.73. The molecule has 1 fully saturated rings. The molecule has 2 atom stereocenters. The fourth-order valence-corrected chi connectivity index (χ4v) is 2.18. The van der Waals surface area contributed by atoms with Crippen LogP contribution in [0.15, 0.2) is 6.20 Å². The molecule has 0 radical (unpaired) electrons. The molecule has 0 amide bonds. The topological polar surface area (TPSA) is 76.3 Å². The molecule has 0 aromatic carbocycles. The van der Waals surface area contributed by atoms with Crippen LogP contribution < -0.4 is 16.2 Å². The van der Waals surface area contributed by atoms with Crippen LogP contribution in [0.4, 0.5) is 16.2 Å². The molecule has 7 heteroatoms. The zero-order valence-corrected chi connectivity index (χ0v) is 10.6. The smallest absolute Gasteiger partial charge is 0.239 e. The van der Waals surface area contributed by atoms with E-state index in [0.717, 1.165) is 19.2 Å². The lowest BCUT2D eigenvalue weighted by molar-refractivity contribution is 0.0495. The highest BCUT2D eigenvalue weighted by Crippen LogP contribution is 2.25. The number of nitrogens with two attached hydrogens (primary N) is 1. The van der Waals surface area contributed by atoms with Crippen LogP contribution in [0.5, 0.6) is 0 Å². The molecule has 2 heterocycles. The van der Waals surface area contributed by atoms with Gasteiger partial charge in [-0.3, -0.25) is 5.43 Å². The van der Waals surface area contributed by atoms with Gasteiger partial charge in [-0.05, 0) is 12.3 Å². The van der Waals surface area contributed by atoms with Crippen molar-refractivity contribution in [3.05, 3.63) is 12.0 Å². The van der Waals surface area contributed by atoms with E-state index >= 15 is 0 Å². The van der Waals surface area contributed by atoms with E-state index in [9.17, 15) is 4.39 Å².